The molecule has 2 fully saturated rings. The number of carbonyl (C=O) groups excluding carboxylic acids is 1. The van der Waals surface area contributed by atoms with E-state index in [1.807, 2.05) is 0 Å². The number of nitrogens with one attached hydrogen (secondary N) is 1. The standard InChI is InChI=1S/C16H22FN3O/c17-15-11-19-8-3-14(15)16(21)20-9-4-13(5-10-20)12-1-6-18-7-2-12/h3,8,11-13,18H,1-2,4-7,9-10H2. The van der Waals surface area contributed by atoms with Crippen molar-refractivity contribution >= 4 is 5.91 Å². The molecule has 2 aliphatic rings. The lowest BCUT2D eigenvalue weighted by Gasteiger charge is -2.37. The average molecular weight is 291 g/mol. The molecule has 0 radical (unpaired) electrons. The molecule has 0 aromatic carbocycles. The van der Waals surface area contributed by atoms with Crippen molar-refractivity contribution in [2.45, 2.75) is 25.7 Å². The first kappa shape index (κ1) is 14.4. The zero-order valence-corrected chi connectivity index (χ0v) is 12.2. The molecule has 0 aliphatic carbocycles. The van der Waals surface area contributed by atoms with Crippen LogP contribution in [-0.4, -0.2) is 42.0 Å². The van der Waals surface area contributed by atoms with E-state index in [4.69, 9.17) is 0 Å². The summed E-state index contributed by atoms with van der Waals surface area (Å²) in [6.45, 7) is 3.72. The molecule has 5 heteroatoms. The second-order valence-corrected chi connectivity index (χ2v) is 6.07. The number of hydrogen-bond acceptors (Lipinski definition) is 3. The SMILES string of the molecule is O=C(c1ccncc1F)N1CCC(C2CCNCC2)CC1. The van der Waals surface area contributed by atoms with Crippen molar-refractivity contribution in [3.63, 3.8) is 0 Å². The molecule has 1 aromatic rings. The van der Waals surface area contributed by atoms with Crippen LogP contribution in [0.4, 0.5) is 4.39 Å². The van der Waals surface area contributed by atoms with Crippen molar-refractivity contribution in [1.82, 2.24) is 15.2 Å². The van der Waals surface area contributed by atoms with Gasteiger partial charge in [-0.3, -0.25) is 9.78 Å². The van der Waals surface area contributed by atoms with E-state index in [0.717, 1.165) is 57.1 Å². The molecule has 1 aromatic heterocycles. The Bertz CT molecular complexity index is 494. The highest BCUT2D eigenvalue weighted by atomic mass is 19.1. The zero-order valence-electron chi connectivity index (χ0n) is 12.2. The fourth-order valence-corrected chi connectivity index (χ4v) is 3.61. The first-order valence-corrected chi connectivity index (χ1v) is 7.85. The third-order valence-corrected chi connectivity index (χ3v) is 4.88. The van der Waals surface area contributed by atoms with Crippen LogP contribution in [0, 0.1) is 17.7 Å². The molecule has 0 bridgehead atoms. The van der Waals surface area contributed by atoms with Crippen molar-refractivity contribution in [2.24, 2.45) is 11.8 Å². The Labute approximate surface area is 124 Å². The molecule has 0 unspecified atom stereocenters. The summed E-state index contributed by atoms with van der Waals surface area (Å²) in [6, 6.07) is 1.47. The van der Waals surface area contributed by atoms with E-state index < -0.39 is 5.82 Å². The quantitative estimate of drug-likeness (QED) is 0.907. The van der Waals surface area contributed by atoms with Crippen molar-refractivity contribution in [3.05, 3.63) is 29.8 Å². The number of rotatable bonds is 2. The van der Waals surface area contributed by atoms with E-state index in [0.29, 0.717) is 0 Å². The lowest BCUT2D eigenvalue weighted by molar-refractivity contribution is 0.0637. The van der Waals surface area contributed by atoms with Crippen LogP contribution in [-0.2, 0) is 0 Å². The highest BCUT2D eigenvalue weighted by molar-refractivity contribution is 5.94. The fourth-order valence-electron chi connectivity index (χ4n) is 3.61. The van der Waals surface area contributed by atoms with Gasteiger partial charge in [0.2, 0.25) is 0 Å². The van der Waals surface area contributed by atoms with Gasteiger partial charge in [-0.2, -0.15) is 0 Å². The number of nitrogens with zero attached hydrogens (tertiary/aromatic N) is 2. The topological polar surface area (TPSA) is 45.2 Å². The van der Waals surface area contributed by atoms with E-state index in [1.165, 1.54) is 25.1 Å². The molecule has 114 valence electrons. The van der Waals surface area contributed by atoms with E-state index in [-0.39, 0.29) is 11.5 Å². The summed E-state index contributed by atoms with van der Waals surface area (Å²) in [6.07, 6.45) is 7.16. The van der Waals surface area contributed by atoms with Gasteiger partial charge in [-0.1, -0.05) is 0 Å². The van der Waals surface area contributed by atoms with Crippen LogP contribution in [0.2, 0.25) is 0 Å². The van der Waals surface area contributed by atoms with Crippen molar-refractivity contribution in [3.8, 4) is 0 Å². The second kappa shape index (κ2) is 6.52. The molecule has 1 amide bonds. The van der Waals surface area contributed by atoms with Crippen LogP contribution >= 0.6 is 0 Å². The van der Waals surface area contributed by atoms with E-state index in [9.17, 15) is 9.18 Å². The number of pyridine rings is 1. The number of piperidine rings is 2. The Morgan fingerprint density at radius 1 is 1.19 bits per heavy atom. The Hall–Kier alpha value is -1.49. The maximum Gasteiger partial charge on any atom is 0.256 e. The van der Waals surface area contributed by atoms with E-state index >= 15 is 0 Å². The normalized spacial score (nSPS) is 21.5. The van der Waals surface area contributed by atoms with Gasteiger partial charge in [0.1, 0.15) is 0 Å². The van der Waals surface area contributed by atoms with Gasteiger partial charge in [0.05, 0.1) is 11.8 Å². The number of amides is 1. The van der Waals surface area contributed by atoms with Gasteiger partial charge < -0.3 is 10.2 Å². The van der Waals surface area contributed by atoms with Gasteiger partial charge in [0, 0.05) is 19.3 Å². The number of likely N-dealkylation sites (tertiary alicyclic amines) is 1. The van der Waals surface area contributed by atoms with Gasteiger partial charge in [-0.25, -0.2) is 4.39 Å². The third-order valence-electron chi connectivity index (χ3n) is 4.88. The van der Waals surface area contributed by atoms with Crippen LogP contribution in [0.15, 0.2) is 18.5 Å². The summed E-state index contributed by atoms with van der Waals surface area (Å²) < 4.78 is 13.6. The fraction of sp³-hybridized carbons (Fsp3) is 0.625. The predicted octanol–water partition coefficient (Wildman–Crippen LogP) is 2.07. The highest BCUT2D eigenvalue weighted by Crippen LogP contribution is 2.31. The van der Waals surface area contributed by atoms with Crippen LogP contribution in [0.5, 0.6) is 0 Å². The maximum absolute atomic E-state index is 13.6. The molecule has 3 rings (SSSR count). The van der Waals surface area contributed by atoms with Gasteiger partial charge >= 0.3 is 0 Å². The number of carbonyl (C=O) groups is 1. The molecule has 3 heterocycles. The van der Waals surface area contributed by atoms with Gasteiger partial charge in [-0.15, -0.1) is 0 Å². The van der Waals surface area contributed by atoms with Gasteiger partial charge in [0.15, 0.2) is 5.82 Å². The first-order valence-electron chi connectivity index (χ1n) is 7.85. The minimum Gasteiger partial charge on any atom is -0.339 e. The van der Waals surface area contributed by atoms with Gasteiger partial charge in [0.25, 0.3) is 5.91 Å². The summed E-state index contributed by atoms with van der Waals surface area (Å²) in [5.41, 5.74) is 0.144. The molecule has 4 nitrogen and oxygen atoms in total. The first-order chi connectivity index (χ1) is 10.3. The molecular weight excluding hydrogens is 269 g/mol. The number of halogens is 1. The van der Waals surface area contributed by atoms with Crippen molar-refractivity contribution in [1.29, 1.82) is 0 Å². The molecule has 21 heavy (non-hydrogen) atoms. The van der Waals surface area contributed by atoms with Crippen LogP contribution in [0.25, 0.3) is 0 Å². The molecule has 2 aliphatic heterocycles. The summed E-state index contributed by atoms with van der Waals surface area (Å²) in [5.74, 6) is 0.793. The van der Waals surface area contributed by atoms with Gasteiger partial charge in [-0.05, 0) is 56.7 Å². The van der Waals surface area contributed by atoms with Crippen LogP contribution < -0.4 is 5.32 Å². The number of hydrogen-bond donors (Lipinski definition) is 1. The Kier molecular flexibility index (Phi) is 4.48. The van der Waals surface area contributed by atoms with E-state index in [1.54, 1.807) is 4.90 Å². The van der Waals surface area contributed by atoms with Crippen molar-refractivity contribution in [2.75, 3.05) is 26.2 Å². The molecule has 2 saturated heterocycles. The lowest BCUT2D eigenvalue weighted by atomic mass is 9.79. The summed E-state index contributed by atoms with van der Waals surface area (Å²) in [4.78, 5) is 17.8. The Morgan fingerprint density at radius 3 is 2.52 bits per heavy atom. The van der Waals surface area contributed by atoms with Crippen molar-refractivity contribution < 1.29 is 9.18 Å². The largest absolute Gasteiger partial charge is 0.339 e. The Morgan fingerprint density at radius 2 is 1.86 bits per heavy atom. The molecule has 0 saturated carbocycles. The molecular formula is C16H22FN3O. The second-order valence-electron chi connectivity index (χ2n) is 6.07. The molecule has 1 N–H and O–H groups in total. The molecule has 0 atom stereocenters. The maximum atomic E-state index is 13.6. The predicted molar refractivity (Wildman–Crippen MR) is 78.4 cm³/mol. The summed E-state index contributed by atoms with van der Waals surface area (Å²) >= 11 is 0. The zero-order chi connectivity index (χ0) is 14.7. The van der Waals surface area contributed by atoms with E-state index in [2.05, 4.69) is 10.3 Å². The monoisotopic (exact) mass is 291 g/mol. The summed E-state index contributed by atoms with van der Waals surface area (Å²) in [7, 11) is 0. The third kappa shape index (κ3) is 3.23. The minimum absolute atomic E-state index is 0.144. The van der Waals surface area contributed by atoms with Crippen LogP contribution in [0.3, 0.4) is 0 Å². The average Bonchev–Trinajstić information content (AvgIpc) is 2.56. The molecule has 0 spiro atoms. The number of aromatic nitrogens is 1. The minimum atomic E-state index is -0.525. The lowest BCUT2D eigenvalue weighted by Crippen LogP contribution is -2.42. The Balaban J connectivity index is 1.58. The smallest absolute Gasteiger partial charge is 0.256 e. The van der Waals surface area contributed by atoms with Crippen LogP contribution in [0.1, 0.15) is 36.0 Å². The summed E-state index contributed by atoms with van der Waals surface area (Å²) in [5, 5.41) is 3.40. The highest BCUT2D eigenvalue weighted by Gasteiger charge is 2.30.